The number of aromatic nitrogens is 2. The van der Waals surface area contributed by atoms with Gasteiger partial charge in [0.2, 0.25) is 0 Å². The first-order valence-corrected chi connectivity index (χ1v) is 5.19. The van der Waals surface area contributed by atoms with E-state index < -0.39 is 5.97 Å². The van der Waals surface area contributed by atoms with Crippen molar-refractivity contribution >= 4 is 18.2 Å². The summed E-state index contributed by atoms with van der Waals surface area (Å²) in [4.78, 5) is 13.7. The van der Waals surface area contributed by atoms with Gasteiger partial charge in [-0.05, 0) is 36.5 Å². The lowest BCUT2D eigenvalue weighted by Crippen LogP contribution is -2.01. The summed E-state index contributed by atoms with van der Waals surface area (Å²) < 4.78 is 14.7. The maximum Gasteiger partial charge on any atom is 0.354 e. The molecule has 0 aliphatic carbocycles. The minimum atomic E-state index is -1.10. The third kappa shape index (κ3) is 1.99. The minimum Gasteiger partial charge on any atom is -0.477 e. The lowest BCUT2D eigenvalue weighted by molar-refractivity contribution is 0.0692. The van der Waals surface area contributed by atoms with Gasteiger partial charge in [0.1, 0.15) is 5.82 Å². The summed E-state index contributed by atoms with van der Waals surface area (Å²) in [6.07, 6.45) is 0. The van der Waals surface area contributed by atoms with Gasteiger partial charge in [-0.25, -0.2) is 9.18 Å². The number of carboxylic acids is 1. The Balaban J connectivity index is 2.69. The van der Waals surface area contributed by atoms with Crippen LogP contribution in [0.3, 0.4) is 0 Å². The molecular weight excluding hydrogens is 243 g/mol. The van der Waals surface area contributed by atoms with Crippen molar-refractivity contribution in [1.82, 2.24) is 9.55 Å². The maximum atomic E-state index is 12.8. The summed E-state index contributed by atoms with van der Waals surface area (Å²) in [7, 11) is 1.66. The predicted molar refractivity (Wildman–Crippen MR) is 63.0 cm³/mol. The zero-order chi connectivity index (χ0) is 12.6. The molecule has 2 aromatic rings. The third-order valence-corrected chi connectivity index (χ3v) is 2.82. The Morgan fingerprint density at radius 2 is 2.00 bits per heavy atom. The fourth-order valence-corrected chi connectivity index (χ4v) is 1.81. The predicted octanol–water partition coefficient (Wildman–Crippen LogP) is 2.59. The summed E-state index contributed by atoms with van der Waals surface area (Å²) in [5.41, 5.74) is 1.03. The second-order valence-corrected chi connectivity index (χ2v) is 3.91. The molecule has 2 N–H and O–H groups in total. The Morgan fingerprint density at radius 3 is 2.53 bits per heavy atom. The molecule has 0 unspecified atom stereocenters. The van der Waals surface area contributed by atoms with Crippen LogP contribution in [0.25, 0.3) is 11.3 Å². The zero-order valence-corrected chi connectivity index (χ0v) is 9.71. The molecule has 0 fully saturated rings. The molecular formula is C11H9FN2O2S. The molecule has 1 heterocycles. The number of halogens is 1. The van der Waals surface area contributed by atoms with E-state index in [0.717, 1.165) is 0 Å². The first kappa shape index (κ1) is 11.5. The Bertz CT molecular complexity index is 628. The fraction of sp³-hybridized carbons (Fsp3) is 0.0909. The number of aromatic carboxylic acids is 1. The lowest BCUT2D eigenvalue weighted by Gasteiger charge is -2.04. The number of nitrogens with zero attached hydrogens (tertiary/aromatic N) is 1. The number of aromatic amines is 1. The van der Waals surface area contributed by atoms with Crippen molar-refractivity contribution in [1.29, 1.82) is 0 Å². The van der Waals surface area contributed by atoms with Gasteiger partial charge in [-0.3, -0.25) is 0 Å². The van der Waals surface area contributed by atoms with Gasteiger partial charge < -0.3 is 14.7 Å². The average Bonchev–Trinajstić information content (AvgIpc) is 2.57. The van der Waals surface area contributed by atoms with Crippen molar-refractivity contribution in [2.45, 2.75) is 0 Å². The number of nitrogens with one attached hydrogen (secondary N) is 1. The Hall–Kier alpha value is -1.95. The van der Waals surface area contributed by atoms with Crippen LogP contribution in [-0.4, -0.2) is 20.6 Å². The highest BCUT2D eigenvalue weighted by Gasteiger charge is 2.17. The van der Waals surface area contributed by atoms with Crippen molar-refractivity contribution in [3.8, 4) is 11.3 Å². The Morgan fingerprint density at radius 1 is 1.41 bits per heavy atom. The SMILES string of the molecule is Cn1c(-c2ccc(F)cc2)c(C(=O)O)[nH]c1=S. The summed E-state index contributed by atoms with van der Waals surface area (Å²) in [5, 5.41) is 9.05. The highest BCUT2D eigenvalue weighted by molar-refractivity contribution is 7.71. The van der Waals surface area contributed by atoms with Crippen molar-refractivity contribution in [2.24, 2.45) is 7.05 Å². The van der Waals surface area contributed by atoms with E-state index in [-0.39, 0.29) is 11.5 Å². The number of carboxylic acid groups (broad SMARTS) is 1. The minimum absolute atomic E-state index is 0.00380. The summed E-state index contributed by atoms with van der Waals surface area (Å²) >= 11 is 4.98. The monoisotopic (exact) mass is 252 g/mol. The van der Waals surface area contributed by atoms with Gasteiger partial charge in [-0.15, -0.1) is 0 Å². The second-order valence-electron chi connectivity index (χ2n) is 3.52. The normalized spacial score (nSPS) is 10.5. The number of hydrogen-bond donors (Lipinski definition) is 2. The van der Waals surface area contributed by atoms with Gasteiger partial charge in [0, 0.05) is 12.6 Å². The third-order valence-electron chi connectivity index (χ3n) is 2.44. The molecule has 0 saturated heterocycles. The van der Waals surface area contributed by atoms with E-state index in [0.29, 0.717) is 16.0 Å². The van der Waals surface area contributed by atoms with E-state index in [4.69, 9.17) is 17.3 Å². The Labute approximate surface area is 101 Å². The van der Waals surface area contributed by atoms with Gasteiger partial charge in [0.05, 0.1) is 5.69 Å². The highest BCUT2D eigenvalue weighted by atomic mass is 32.1. The van der Waals surface area contributed by atoms with Crippen LogP contribution in [0, 0.1) is 10.6 Å². The van der Waals surface area contributed by atoms with Crippen molar-refractivity contribution < 1.29 is 14.3 Å². The molecule has 1 aromatic carbocycles. The summed E-state index contributed by atoms with van der Waals surface area (Å²) in [6, 6.07) is 5.58. The molecule has 0 radical (unpaired) electrons. The van der Waals surface area contributed by atoms with Crippen LogP contribution in [0.1, 0.15) is 10.5 Å². The van der Waals surface area contributed by atoms with E-state index in [1.807, 2.05) is 0 Å². The smallest absolute Gasteiger partial charge is 0.354 e. The van der Waals surface area contributed by atoms with E-state index >= 15 is 0 Å². The molecule has 0 bridgehead atoms. The first-order valence-electron chi connectivity index (χ1n) is 4.79. The van der Waals surface area contributed by atoms with E-state index in [9.17, 15) is 9.18 Å². The van der Waals surface area contributed by atoms with Gasteiger partial charge in [0.15, 0.2) is 10.5 Å². The first-order chi connectivity index (χ1) is 8.00. The van der Waals surface area contributed by atoms with Gasteiger partial charge in [-0.1, -0.05) is 0 Å². The van der Waals surface area contributed by atoms with Gasteiger partial charge in [-0.2, -0.15) is 0 Å². The average molecular weight is 252 g/mol. The molecule has 2 rings (SSSR count). The van der Waals surface area contributed by atoms with Gasteiger partial charge >= 0.3 is 5.97 Å². The van der Waals surface area contributed by atoms with Crippen LogP contribution in [0.4, 0.5) is 4.39 Å². The quantitative estimate of drug-likeness (QED) is 0.808. The number of hydrogen-bond acceptors (Lipinski definition) is 2. The summed E-state index contributed by atoms with van der Waals surface area (Å²) in [5.74, 6) is -1.47. The Kier molecular flexibility index (Phi) is 2.81. The number of H-pyrrole nitrogens is 1. The van der Waals surface area contributed by atoms with Crippen LogP contribution in [0.2, 0.25) is 0 Å². The van der Waals surface area contributed by atoms with E-state index in [1.165, 1.54) is 24.3 Å². The van der Waals surface area contributed by atoms with Crippen LogP contribution < -0.4 is 0 Å². The van der Waals surface area contributed by atoms with E-state index in [2.05, 4.69) is 4.98 Å². The molecule has 0 saturated carbocycles. The number of benzene rings is 1. The highest BCUT2D eigenvalue weighted by Crippen LogP contribution is 2.23. The topological polar surface area (TPSA) is 58.0 Å². The molecule has 0 aliphatic rings. The lowest BCUT2D eigenvalue weighted by atomic mass is 10.1. The number of carbonyl (C=O) groups is 1. The number of rotatable bonds is 2. The number of imidazole rings is 1. The largest absolute Gasteiger partial charge is 0.477 e. The molecule has 1 aromatic heterocycles. The fourth-order valence-electron chi connectivity index (χ4n) is 1.62. The van der Waals surface area contributed by atoms with Crippen LogP contribution in [0.5, 0.6) is 0 Å². The standard InChI is InChI=1S/C11H9FN2O2S/c1-14-9(6-2-4-7(12)5-3-6)8(10(15)16)13-11(14)17/h2-5H,1H3,(H,13,17)(H,15,16). The van der Waals surface area contributed by atoms with Crippen molar-refractivity contribution in [2.75, 3.05) is 0 Å². The summed E-state index contributed by atoms with van der Waals surface area (Å²) in [6.45, 7) is 0. The van der Waals surface area contributed by atoms with Crippen molar-refractivity contribution in [3.63, 3.8) is 0 Å². The van der Waals surface area contributed by atoms with Crippen LogP contribution in [0.15, 0.2) is 24.3 Å². The van der Waals surface area contributed by atoms with Crippen LogP contribution >= 0.6 is 12.2 Å². The maximum absolute atomic E-state index is 12.8. The molecule has 0 amide bonds. The second kappa shape index (κ2) is 4.14. The molecule has 17 heavy (non-hydrogen) atoms. The zero-order valence-electron chi connectivity index (χ0n) is 8.90. The van der Waals surface area contributed by atoms with Gasteiger partial charge in [0.25, 0.3) is 0 Å². The molecule has 4 nitrogen and oxygen atoms in total. The molecule has 0 aliphatic heterocycles. The molecule has 6 heteroatoms. The van der Waals surface area contributed by atoms with Crippen molar-refractivity contribution in [3.05, 3.63) is 40.5 Å². The molecule has 0 spiro atoms. The molecule has 88 valence electrons. The van der Waals surface area contributed by atoms with Crippen LogP contribution in [-0.2, 0) is 7.05 Å². The van der Waals surface area contributed by atoms with E-state index in [1.54, 1.807) is 11.6 Å². The molecule has 0 atom stereocenters.